The maximum absolute atomic E-state index is 12.6. The summed E-state index contributed by atoms with van der Waals surface area (Å²) in [5, 5.41) is 3.46. The summed E-state index contributed by atoms with van der Waals surface area (Å²) in [7, 11) is 1.54. The second-order valence-electron chi connectivity index (χ2n) is 8.91. The molecule has 1 aliphatic heterocycles. The molecule has 1 aromatic heterocycles. The number of fused-ring (bicyclic) bond motifs is 1. The van der Waals surface area contributed by atoms with Gasteiger partial charge in [-0.25, -0.2) is 4.98 Å². The molecule has 3 rings (SSSR count). The predicted octanol–water partition coefficient (Wildman–Crippen LogP) is 2.08. The number of nitrogens with one attached hydrogen (secondary N) is 1. The number of ether oxygens (including phenoxy) is 1. The third kappa shape index (κ3) is 5.71. The summed E-state index contributed by atoms with van der Waals surface area (Å²) in [5.74, 6) is 0.0581. The first kappa shape index (κ1) is 22.5. The molecule has 1 N–H and O–H groups in total. The fourth-order valence-corrected chi connectivity index (χ4v) is 3.56. The molecule has 8 heteroatoms. The van der Waals surface area contributed by atoms with E-state index in [-0.39, 0.29) is 29.5 Å². The fourth-order valence-electron chi connectivity index (χ4n) is 3.56. The summed E-state index contributed by atoms with van der Waals surface area (Å²) in [4.78, 5) is 45.3. The number of carbonyl (C=O) groups excluding carboxylic acids is 3. The minimum atomic E-state index is -0.434. The van der Waals surface area contributed by atoms with Gasteiger partial charge in [0, 0.05) is 44.1 Å². The van der Waals surface area contributed by atoms with Gasteiger partial charge in [0.05, 0.1) is 19.2 Å². The van der Waals surface area contributed by atoms with Crippen molar-refractivity contribution in [3.8, 4) is 5.75 Å². The van der Waals surface area contributed by atoms with Crippen LogP contribution in [0.4, 0.5) is 0 Å². The molecule has 1 saturated heterocycles. The Morgan fingerprint density at radius 3 is 2.26 bits per heavy atom. The van der Waals surface area contributed by atoms with Crippen molar-refractivity contribution in [3.05, 3.63) is 36.0 Å². The van der Waals surface area contributed by atoms with Gasteiger partial charge in [0.25, 0.3) is 5.91 Å². The molecule has 3 amide bonds. The van der Waals surface area contributed by atoms with Gasteiger partial charge < -0.3 is 19.9 Å². The van der Waals surface area contributed by atoms with Crippen LogP contribution in [-0.4, -0.2) is 72.3 Å². The van der Waals surface area contributed by atoms with E-state index in [0.29, 0.717) is 43.9 Å². The predicted molar refractivity (Wildman–Crippen MR) is 118 cm³/mol. The highest BCUT2D eigenvalue weighted by molar-refractivity contribution is 5.98. The highest BCUT2D eigenvalue weighted by atomic mass is 16.5. The Bertz CT molecular complexity index is 975. The molecule has 2 heterocycles. The number of hydrogen-bond donors (Lipinski definition) is 1. The Kier molecular flexibility index (Phi) is 6.77. The SMILES string of the molecule is COc1cc(C(=O)NCC(=O)N2CCN(C(=O)CC(C)(C)C)CC2)nc2ccccc12. The minimum Gasteiger partial charge on any atom is -0.496 e. The van der Waals surface area contributed by atoms with E-state index in [2.05, 4.69) is 10.3 Å². The van der Waals surface area contributed by atoms with Crippen molar-refractivity contribution in [1.29, 1.82) is 0 Å². The van der Waals surface area contributed by atoms with Crippen LogP contribution in [0.2, 0.25) is 0 Å². The molecule has 0 saturated carbocycles. The third-order valence-electron chi connectivity index (χ3n) is 5.20. The van der Waals surface area contributed by atoms with Crippen molar-refractivity contribution >= 4 is 28.6 Å². The molecule has 1 aliphatic rings. The highest BCUT2D eigenvalue weighted by Crippen LogP contribution is 2.25. The Morgan fingerprint density at radius 2 is 1.65 bits per heavy atom. The van der Waals surface area contributed by atoms with Crippen LogP contribution < -0.4 is 10.1 Å². The number of piperazine rings is 1. The zero-order chi connectivity index (χ0) is 22.6. The van der Waals surface area contributed by atoms with Gasteiger partial charge in [-0.15, -0.1) is 0 Å². The normalized spacial score (nSPS) is 14.5. The van der Waals surface area contributed by atoms with E-state index in [1.54, 1.807) is 29.0 Å². The van der Waals surface area contributed by atoms with Gasteiger partial charge >= 0.3 is 0 Å². The number of pyridine rings is 1. The summed E-state index contributed by atoms with van der Waals surface area (Å²) >= 11 is 0. The smallest absolute Gasteiger partial charge is 0.270 e. The largest absolute Gasteiger partial charge is 0.496 e. The average Bonchev–Trinajstić information content (AvgIpc) is 2.75. The van der Waals surface area contributed by atoms with Gasteiger partial charge in [-0.05, 0) is 17.5 Å². The number of hydrogen-bond acceptors (Lipinski definition) is 5. The van der Waals surface area contributed by atoms with Gasteiger partial charge in [-0.3, -0.25) is 14.4 Å². The van der Waals surface area contributed by atoms with E-state index in [0.717, 1.165) is 5.39 Å². The summed E-state index contributed by atoms with van der Waals surface area (Å²) in [6.45, 7) is 7.94. The Labute approximate surface area is 182 Å². The molecule has 0 radical (unpaired) electrons. The van der Waals surface area contributed by atoms with Gasteiger partial charge in [-0.1, -0.05) is 32.9 Å². The van der Waals surface area contributed by atoms with Crippen molar-refractivity contribution in [2.75, 3.05) is 39.8 Å². The van der Waals surface area contributed by atoms with Crippen molar-refractivity contribution in [2.45, 2.75) is 27.2 Å². The molecule has 31 heavy (non-hydrogen) atoms. The van der Waals surface area contributed by atoms with Gasteiger partial charge in [0.2, 0.25) is 11.8 Å². The number of benzene rings is 1. The van der Waals surface area contributed by atoms with E-state index < -0.39 is 5.91 Å². The lowest BCUT2D eigenvalue weighted by Gasteiger charge is -2.36. The van der Waals surface area contributed by atoms with E-state index in [4.69, 9.17) is 4.74 Å². The molecular weight excluding hydrogens is 396 g/mol. The van der Waals surface area contributed by atoms with Gasteiger partial charge in [0.1, 0.15) is 11.4 Å². The Morgan fingerprint density at radius 1 is 1.03 bits per heavy atom. The van der Waals surface area contributed by atoms with Crippen LogP contribution in [0, 0.1) is 5.41 Å². The highest BCUT2D eigenvalue weighted by Gasteiger charge is 2.27. The number of nitrogens with zero attached hydrogens (tertiary/aromatic N) is 3. The first-order valence-corrected chi connectivity index (χ1v) is 10.5. The lowest BCUT2D eigenvalue weighted by Crippen LogP contribution is -2.53. The van der Waals surface area contributed by atoms with Crippen LogP contribution in [0.3, 0.4) is 0 Å². The van der Waals surface area contributed by atoms with Crippen LogP contribution in [-0.2, 0) is 9.59 Å². The maximum Gasteiger partial charge on any atom is 0.270 e. The number of amides is 3. The molecule has 0 bridgehead atoms. The zero-order valence-corrected chi connectivity index (χ0v) is 18.6. The number of aromatic nitrogens is 1. The number of rotatable bonds is 5. The minimum absolute atomic E-state index is 0.0617. The third-order valence-corrected chi connectivity index (χ3v) is 5.20. The first-order valence-electron chi connectivity index (χ1n) is 10.5. The summed E-state index contributed by atoms with van der Waals surface area (Å²) in [6.07, 6.45) is 0.485. The average molecular weight is 427 g/mol. The van der Waals surface area contributed by atoms with Crippen molar-refractivity contribution in [3.63, 3.8) is 0 Å². The lowest BCUT2D eigenvalue weighted by atomic mass is 9.91. The standard InChI is InChI=1S/C23H30N4O4/c1-23(2,3)14-20(28)26-9-11-27(12-10-26)21(29)15-24-22(30)18-13-19(31-4)16-7-5-6-8-17(16)25-18/h5-8,13H,9-12,14-15H2,1-4H3,(H,24,30). The number of methoxy groups -OCH3 is 1. The molecule has 166 valence electrons. The fraction of sp³-hybridized carbons (Fsp3) is 0.478. The maximum atomic E-state index is 12.6. The second kappa shape index (κ2) is 9.32. The molecule has 2 aromatic rings. The molecule has 8 nitrogen and oxygen atoms in total. The van der Waals surface area contributed by atoms with Crippen molar-refractivity contribution in [2.24, 2.45) is 5.41 Å². The molecule has 0 aliphatic carbocycles. The van der Waals surface area contributed by atoms with Crippen molar-refractivity contribution in [1.82, 2.24) is 20.1 Å². The van der Waals surface area contributed by atoms with E-state index >= 15 is 0 Å². The van der Waals surface area contributed by atoms with Crippen molar-refractivity contribution < 1.29 is 19.1 Å². The monoisotopic (exact) mass is 426 g/mol. The Hall–Kier alpha value is -3.16. The molecule has 0 spiro atoms. The quantitative estimate of drug-likeness (QED) is 0.790. The van der Waals surface area contributed by atoms with Gasteiger partial charge in [0.15, 0.2) is 0 Å². The summed E-state index contributed by atoms with van der Waals surface area (Å²) in [6, 6.07) is 8.97. The topological polar surface area (TPSA) is 91.8 Å². The lowest BCUT2D eigenvalue weighted by molar-refractivity contribution is -0.140. The first-order chi connectivity index (χ1) is 14.7. The molecule has 1 aromatic carbocycles. The van der Waals surface area contributed by atoms with E-state index in [9.17, 15) is 14.4 Å². The second-order valence-corrected chi connectivity index (χ2v) is 8.91. The molecule has 0 unspecified atom stereocenters. The van der Waals surface area contributed by atoms with E-state index in [1.165, 1.54) is 0 Å². The van der Waals surface area contributed by atoms with Gasteiger partial charge in [-0.2, -0.15) is 0 Å². The zero-order valence-electron chi connectivity index (χ0n) is 18.6. The molecule has 0 atom stereocenters. The summed E-state index contributed by atoms with van der Waals surface area (Å²) in [5.41, 5.74) is 0.781. The molecule has 1 fully saturated rings. The number of carbonyl (C=O) groups is 3. The van der Waals surface area contributed by atoms with E-state index in [1.807, 2.05) is 39.0 Å². The van der Waals surface area contributed by atoms with Crippen LogP contribution in [0.15, 0.2) is 30.3 Å². The molecular formula is C23H30N4O4. The van der Waals surface area contributed by atoms with Crippen LogP contribution >= 0.6 is 0 Å². The Balaban J connectivity index is 1.54. The van der Waals surface area contributed by atoms with Crippen LogP contribution in [0.5, 0.6) is 5.75 Å². The summed E-state index contributed by atoms with van der Waals surface area (Å²) < 4.78 is 5.37. The van der Waals surface area contributed by atoms with Crippen LogP contribution in [0.25, 0.3) is 10.9 Å². The van der Waals surface area contributed by atoms with Crippen LogP contribution in [0.1, 0.15) is 37.7 Å². The number of para-hydroxylation sites is 1.